The minimum absolute atomic E-state index is 0.461. The highest BCUT2D eigenvalue weighted by Crippen LogP contribution is 2.12. The predicted octanol–water partition coefficient (Wildman–Crippen LogP) is 7.23. The maximum absolute atomic E-state index is 12.5. The molecule has 0 atom stereocenters. The Labute approximate surface area is 260 Å². The van der Waals surface area contributed by atoms with Crippen LogP contribution in [0.1, 0.15) is 47.9 Å². The first-order chi connectivity index (χ1) is 21.6. The van der Waals surface area contributed by atoms with Gasteiger partial charge >= 0.3 is 12.2 Å². The number of hydrogen-bond acceptors (Lipinski definition) is 6. The van der Waals surface area contributed by atoms with Gasteiger partial charge in [0.1, 0.15) is 0 Å². The summed E-state index contributed by atoms with van der Waals surface area (Å²) >= 11 is 0. The summed E-state index contributed by atoms with van der Waals surface area (Å²) in [6, 6.07) is 39.8. The van der Waals surface area contributed by atoms with Crippen molar-refractivity contribution in [1.82, 2.24) is 20.8 Å². The van der Waals surface area contributed by atoms with Crippen LogP contribution in [0.25, 0.3) is 0 Å². The van der Waals surface area contributed by atoms with E-state index in [0.29, 0.717) is 39.3 Å². The van der Waals surface area contributed by atoms with Crippen LogP contribution in [0.4, 0.5) is 9.59 Å². The highest BCUT2D eigenvalue weighted by Gasteiger charge is 2.14. The van der Waals surface area contributed by atoms with Crippen molar-refractivity contribution in [2.24, 2.45) is 0 Å². The van der Waals surface area contributed by atoms with Crippen LogP contribution in [0.15, 0.2) is 121 Å². The van der Waals surface area contributed by atoms with E-state index in [1.165, 1.54) is 0 Å². The van der Waals surface area contributed by atoms with Crippen LogP contribution in [0.3, 0.4) is 0 Å². The molecule has 0 unspecified atom stereocenters. The molecule has 4 aromatic carbocycles. The van der Waals surface area contributed by atoms with Crippen LogP contribution in [0.2, 0.25) is 0 Å². The standard InChI is InChI=1S/C36H42N4O4/c41-35(43-39(27-31-17-7-3-8-18-31)28-32-19-9-4-10-20-32)37-25-15-1-2-16-26-38-36(42)44-40(29-33-21-11-5-12-22-33)30-34-23-13-6-14-24-34/h3-14,17-24H,1-2,15-16,25-30H2,(H,37,41)(H,38,42). The number of carbonyl (C=O) groups is 2. The quantitative estimate of drug-likeness (QED) is 0.0991. The molecular formula is C36H42N4O4. The van der Waals surface area contributed by atoms with Crippen LogP contribution in [-0.2, 0) is 35.9 Å². The Morgan fingerprint density at radius 1 is 0.432 bits per heavy atom. The van der Waals surface area contributed by atoms with Crippen molar-refractivity contribution in [1.29, 1.82) is 0 Å². The van der Waals surface area contributed by atoms with E-state index < -0.39 is 12.2 Å². The van der Waals surface area contributed by atoms with Gasteiger partial charge in [-0.3, -0.25) is 0 Å². The molecule has 44 heavy (non-hydrogen) atoms. The molecule has 0 saturated heterocycles. The summed E-state index contributed by atoms with van der Waals surface area (Å²) in [6.45, 7) is 3.02. The van der Waals surface area contributed by atoms with Gasteiger partial charge in [0.2, 0.25) is 0 Å². The van der Waals surface area contributed by atoms with E-state index >= 15 is 0 Å². The zero-order chi connectivity index (χ0) is 30.7. The molecule has 0 radical (unpaired) electrons. The second kappa shape index (κ2) is 18.8. The molecule has 230 valence electrons. The molecule has 2 N–H and O–H groups in total. The second-order valence-electron chi connectivity index (χ2n) is 10.6. The highest BCUT2D eigenvalue weighted by molar-refractivity contribution is 5.67. The largest absolute Gasteiger partial charge is 0.426 e. The van der Waals surface area contributed by atoms with Crippen molar-refractivity contribution in [3.05, 3.63) is 144 Å². The minimum Gasteiger partial charge on any atom is -0.350 e. The first-order valence-corrected chi connectivity index (χ1v) is 15.2. The van der Waals surface area contributed by atoms with Crippen LogP contribution in [0.5, 0.6) is 0 Å². The lowest BCUT2D eigenvalue weighted by molar-refractivity contribution is -0.115. The zero-order valence-electron chi connectivity index (χ0n) is 25.1. The van der Waals surface area contributed by atoms with Gasteiger partial charge < -0.3 is 20.3 Å². The lowest BCUT2D eigenvalue weighted by Gasteiger charge is -2.22. The van der Waals surface area contributed by atoms with Crippen LogP contribution in [-0.4, -0.2) is 35.4 Å². The normalized spacial score (nSPS) is 10.9. The molecule has 0 bridgehead atoms. The number of benzene rings is 4. The molecular weight excluding hydrogens is 552 g/mol. The fourth-order valence-electron chi connectivity index (χ4n) is 4.67. The van der Waals surface area contributed by atoms with Gasteiger partial charge in [-0.15, -0.1) is 10.1 Å². The lowest BCUT2D eigenvalue weighted by Crippen LogP contribution is -2.34. The van der Waals surface area contributed by atoms with Crippen molar-refractivity contribution >= 4 is 12.2 Å². The Kier molecular flexibility index (Phi) is 13.8. The first-order valence-electron chi connectivity index (χ1n) is 15.2. The molecule has 8 nitrogen and oxygen atoms in total. The Hall–Kier alpha value is -4.66. The molecule has 2 amide bonds. The number of unbranched alkanes of at least 4 members (excludes halogenated alkanes) is 3. The fourth-order valence-corrected chi connectivity index (χ4v) is 4.67. The van der Waals surface area contributed by atoms with Gasteiger partial charge in [0.05, 0.1) is 26.2 Å². The summed E-state index contributed by atoms with van der Waals surface area (Å²) in [7, 11) is 0. The van der Waals surface area contributed by atoms with Gasteiger partial charge in [-0.1, -0.05) is 134 Å². The van der Waals surface area contributed by atoms with Crippen molar-refractivity contribution < 1.29 is 19.3 Å². The predicted molar refractivity (Wildman–Crippen MR) is 172 cm³/mol. The molecule has 8 heteroatoms. The van der Waals surface area contributed by atoms with E-state index in [-0.39, 0.29) is 0 Å². The maximum Gasteiger partial charge on any atom is 0.426 e. The van der Waals surface area contributed by atoms with E-state index in [1.807, 2.05) is 121 Å². The van der Waals surface area contributed by atoms with Gasteiger partial charge in [0.15, 0.2) is 0 Å². The van der Waals surface area contributed by atoms with Crippen LogP contribution in [0, 0.1) is 0 Å². The molecule has 4 aromatic rings. The number of nitrogens with one attached hydrogen (secondary N) is 2. The SMILES string of the molecule is O=C(NCCCCCCNC(=O)ON(Cc1ccccc1)Cc1ccccc1)ON(Cc1ccccc1)Cc1ccccc1. The average Bonchev–Trinajstić information content (AvgIpc) is 3.04. The maximum atomic E-state index is 12.5. The van der Waals surface area contributed by atoms with E-state index in [2.05, 4.69) is 10.6 Å². The number of hydrogen-bond donors (Lipinski definition) is 2. The molecule has 0 aliphatic carbocycles. The fraction of sp³-hybridized carbons (Fsp3) is 0.278. The molecule has 0 aromatic heterocycles. The van der Waals surface area contributed by atoms with Crippen LogP contribution >= 0.6 is 0 Å². The Morgan fingerprint density at radius 3 is 0.977 bits per heavy atom. The number of amides is 2. The van der Waals surface area contributed by atoms with E-state index in [0.717, 1.165) is 47.9 Å². The Balaban J connectivity index is 1.10. The van der Waals surface area contributed by atoms with Gasteiger partial charge in [-0.25, -0.2) is 9.59 Å². The smallest absolute Gasteiger partial charge is 0.350 e. The molecule has 0 fully saturated rings. The first kappa shape index (κ1) is 32.3. The summed E-state index contributed by atoms with van der Waals surface area (Å²) < 4.78 is 0. The molecule has 4 rings (SSSR count). The Bertz CT molecular complexity index is 1170. The lowest BCUT2D eigenvalue weighted by atomic mass is 10.2. The number of nitrogens with zero attached hydrogens (tertiary/aromatic N) is 2. The van der Waals surface area contributed by atoms with Crippen molar-refractivity contribution in [2.75, 3.05) is 13.1 Å². The zero-order valence-corrected chi connectivity index (χ0v) is 25.1. The summed E-state index contributed by atoms with van der Waals surface area (Å²) in [6.07, 6.45) is 2.55. The molecule has 0 aliphatic rings. The molecule has 0 spiro atoms. The van der Waals surface area contributed by atoms with Crippen molar-refractivity contribution in [3.63, 3.8) is 0 Å². The highest BCUT2D eigenvalue weighted by atomic mass is 16.7. The van der Waals surface area contributed by atoms with E-state index in [4.69, 9.17) is 9.68 Å². The van der Waals surface area contributed by atoms with Gasteiger partial charge in [0.25, 0.3) is 0 Å². The minimum atomic E-state index is -0.461. The van der Waals surface area contributed by atoms with Gasteiger partial charge in [-0.05, 0) is 35.1 Å². The third kappa shape index (κ3) is 12.7. The van der Waals surface area contributed by atoms with Crippen molar-refractivity contribution in [3.8, 4) is 0 Å². The monoisotopic (exact) mass is 594 g/mol. The number of carbonyl (C=O) groups excluding carboxylic acids is 2. The van der Waals surface area contributed by atoms with E-state index in [1.54, 1.807) is 10.1 Å². The third-order valence-electron chi connectivity index (χ3n) is 6.87. The summed E-state index contributed by atoms with van der Waals surface area (Å²) in [4.78, 5) is 36.4. The summed E-state index contributed by atoms with van der Waals surface area (Å²) in [5.41, 5.74) is 4.25. The summed E-state index contributed by atoms with van der Waals surface area (Å²) in [5, 5.41) is 9.06. The van der Waals surface area contributed by atoms with Gasteiger partial charge in [-0.2, -0.15) is 0 Å². The molecule has 0 saturated carbocycles. The Morgan fingerprint density at radius 2 is 0.705 bits per heavy atom. The van der Waals surface area contributed by atoms with Crippen molar-refractivity contribution in [2.45, 2.75) is 51.9 Å². The number of rotatable bonds is 17. The number of hydroxylamine groups is 4. The topological polar surface area (TPSA) is 83.1 Å². The van der Waals surface area contributed by atoms with E-state index in [9.17, 15) is 9.59 Å². The van der Waals surface area contributed by atoms with Gasteiger partial charge in [0, 0.05) is 13.1 Å². The second-order valence-corrected chi connectivity index (χ2v) is 10.6. The van der Waals surface area contributed by atoms with Crippen LogP contribution < -0.4 is 10.6 Å². The summed E-state index contributed by atoms with van der Waals surface area (Å²) in [5.74, 6) is 0. The average molecular weight is 595 g/mol. The molecule has 0 aliphatic heterocycles. The third-order valence-corrected chi connectivity index (χ3v) is 6.87. The molecule has 0 heterocycles.